The Hall–Kier alpha value is -5.92. The summed E-state index contributed by atoms with van der Waals surface area (Å²) in [4.78, 5) is 9.05. The summed E-state index contributed by atoms with van der Waals surface area (Å²) in [6, 6.07) is 37.4. The van der Waals surface area contributed by atoms with Crippen LogP contribution in [-0.2, 0) is 0 Å². The molecule has 0 aliphatic carbocycles. The fourth-order valence-electron chi connectivity index (χ4n) is 4.89. The quantitative estimate of drug-likeness (QED) is 0.214. The molecule has 6 rings (SSSR count). The lowest BCUT2D eigenvalue weighted by Crippen LogP contribution is -2.10. The van der Waals surface area contributed by atoms with E-state index in [4.69, 9.17) is 13.1 Å². The molecule has 0 atom stereocenters. The van der Waals surface area contributed by atoms with Crippen LogP contribution in [-0.4, -0.2) is 0 Å². The highest BCUT2D eigenvalue weighted by Gasteiger charge is 2.19. The van der Waals surface area contributed by atoms with Crippen molar-refractivity contribution in [1.29, 1.82) is 10.5 Å². The summed E-state index contributed by atoms with van der Waals surface area (Å²) in [5.74, 6) is 0. The van der Waals surface area contributed by atoms with E-state index in [0.29, 0.717) is 22.5 Å². The smallest absolute Gasteiger partial charge is 0.195 e. The van der Waals surface area contributed by atoms with Crippen LogP contribution in [0.1, 0.15) is 11.1 Å². The minimum absolute atomic E-state index is 0.316. The van der Waals surface area contributed by atoms with Crippen molar-refractivity contribution in [3.05, 3.63) is 137 Å². The highest BCUT2D eigenvalue weighted by atomic mass is 32.1. The van der Waals surface area contributed by atoms with Gasteiger partial charge in [-0.2, -0.15) is 10.5 Å². The lowest BCUT2D eigenvalue weighted by molar-refractivity contribution is 1.29. The first-order valence-corrected chi connectivity index (χ1v) is 13.1. The summed E-state index contributed by atoms with van der Waals surface area (Å²) < 4.78 is 2.31. The Balaban J connectivity index is 1.54. The zero-order valence-corrected chi connectivity index (χ0v) is 21.8. The third-order valence-electron chi connectivity index (χ3n) is 6.80. The fraction of sp³-hybridized carbons (Fsp3) is 0. The average Bonchev–Trinajstić information content (AvgIpc) is 3.40. The van der Waals surface area contributed by atoms with Crippen molar-refractivity contribution in [2.24, 2.45) is 0 Å². The molecule has 0 fully saturated rings. The average molecular weight is 528 g/mol. The van der Waals surface area contributed by atoms with Gasteiger partial charge in [-0.3, -0.25) is 9.69 Å². The molecule has 5 nitrogen and oxygen atoms in total. The summed E-state index contributed by atoms with van der Waals surface area (Å²) in [5, 5.41) is 21.6. The van der Waals surface area contributed by atoms with E-state index in [1.807, 2.05) is 54.6 Å². The summed E-state index contributed by atoms with van der Waals surface area (Å²) in [6.07, 6.45) is 0. The van der Waals surface area contributed by atoms with Gasteiger partial charge in [0.2, 0.25) is 0 Å². The van der Waals surface area contributed by atoms with Crippen LogP contribution in [0.25, 0.3) is 41.0 Å². The van der Waals surface area contributed by atoms with Crippen LogP contribution >= 0.6 is 11.3 Å². The summed E-state index contributed by atoms with van der Waals surface area (Å²) in [7, 11) is 0. The second-order valence-electron chi connectivity index (χ2n) is 9.01. The molecule has 40 heavy (non-hydrogen) atoms. The molecule has 0 saturated carbocycles. The van der Waals surface area contributed by atoms with E-state index in [2.05, 4.69) is 51.0 Å². The van der Waals surface area contributed by atoms with Crippen LogP contribution in [0.15, 0.2) is 103 Å². The Bertz CT molecular complexity index is 2110. The van der Waals surface area contributed by atoms with Gasteiger partial charge in [-0.1, -0.05) is 60.7 Å². The van der Waals surface area contributed by atoms with Crippen molar-refractivity contribution in [2.45, 2.75) is 0 Å². The van der Waals surface area contributed by atoms with Crippen molar-refractivity contribution in [3.8, 4) is 23.3 Å². The van der Waals surface area contributed by atoms with E-state index >= 15 is 0 Å². The summed E-state index contributed by atoms with van der Waals surface area (Å²) in [5.41, 5.74) is 5.71. The van der Waals surface area contributed by atoms with E-state index in [1.54, 1.807) is 35.6 Å². The monoisotopic (exact) mass is 527 g/mol. The first-order chi connectivity index (χ1) is 19.6. The van der Waals surface area contributed by atoms with Crippen LogP contribution < -0.4 is 4.90 Å². The number of anilines is 3. The molecule has 0 N–H and O–H groups in total. The van der Waals surface area contributed by atoms with Crippen molar-refractivity contribution in [1.82, 2.24) is 0 Å². The summed E-state index contributed by atoms with van der Waals surface area (Å²) >= 11 is 1.72. The maximum absolute atomic E-state index is 9.75. The molecule has 6 heteroatoms. The second kappa shape index (κ2) is 10.1. The molecule has 6 aromatic rings. The standard InChI is InChI=1S/C34H17N5S/c1-37-30-17-13-23(19-31(30)38-2)22-10-14-26(15-11-22)39(27-16-12-24(20-35)25(18-27)21-36)32-8-5-7-29-28-6-3-4-9-33(28)40-34(29)32/h3-19H. The number of nitrogens with zero attached hydrogens (tertiary/aromatic N) is 5. The van der Waals surface area contributed by atoms with Gasteiger partial charge in [0.1, 0.15) is 12.1 Å². The summed E-state index contributed by atoms with van der Waals surface area (Å²) in [6.45, 7) is 14.7. The lowest BCUT2D eigenvalue weighted by atomic mass is 10.0. The minimum atomic E-state index is 0.316. The van der Waals surface area contributed by atoms with Crippen molar-refractivity contribution >= 4 is 59.9 Å². The fourth-order valence-corrected chi connectivity index (χ4v) is 6.09. The second-order valence-corrected chi connectivity index (χ2v) is 10.1. The first kappa shape index (κ1) is 24.4. The molecule has 1 aromatic heterocycles. The number of thiophene rings is 1. The maximum atomic E-state index is 9.75. The topological polar surface area (TPSA) is 59.5 Å². The lowest BCUT2D eigenvalue weighted by Gasteiger charge is -2.26. The molecule has 0 aliphatic rings. The molecule has 0 unspecified atom stereocenters. The number of benzene rings is 5. The van der Waals surface area contributed by atoms with Crippen LogP contribution in [0.4, 0.5) is 28.4 Å². The van der Waals surface area contributed by atoms with Gasteiger partial charge in [0.05, 0.1) is 34.7 Å². The predicted molar refractivity (Wildman–Crippen MR) is 161 cm³/mol. The third kappa shape index (κ3) is 4.09. The largest absolute Gasteiger partial charge is 0.309 e. The van der Waals surface area contributed by atoms with Crippen LogP contribution in [0.2, 0.25) is 0 Å². The van der Waals surface area contributed by atoms with Crippen LogP contribution in [0.3, 0.4) is 0 Å². The Kier molecular flexibility index (Phi) is 6.16. The number of hydrogen-bond acceptors (Lipinski definition) is 4. The molecular weight excluding hydrogens is 510 g/mol. The molecule has 0 amide bonds. The predicted octanol–water partition coefficient (Wildman–Crippen LogP) is 10.0. The Morgan fingerprint density at radius 1 is 0.625 bits per heavy atom. The van der Waals surface area contributed by atoms with Gasteiger partial charge in [-0.15, -0.1) is 11.3 Å². The third-order valence-corrected chi connectivity index (χ3v) is 8.01. The van der Waals surface area contributed by atoms with Crippen molar-refractivity contribution in [3.63, 3.8) is 0 Å². The molecule has 0 aliphatic heterocycles. The minimum Gasteiger partial charge on any atom is -0.309 e. The van der Waals surface area contributed by atoms with E-state index in [0.717, 1.165) is 38.3 Å². The molecule has 0 saturated heterocycles. The van der Waals surface area contributed by atoms with Gasteiger partial charge in [0, 0.05) is 26.8 Å². The van der Waals surface area contributed by atoms with Gasteiger partial charge < -0.3 is 4.90 Å². The number of nitriles is 2. The maximum Gasteiger partial charge on any atom is 0.195 e. The normalized spacial score (nSPS) is 10.4. The number of hydrogen-bond donors (Lipinski definition) is 0. The van der Waals surface area contributed by atoms with Crippen LogP contribution in [0.5, 0.6) is 0 Å². The Morgan fingerprint density at radius 3 is 2.08 bits per heavy atom. The van der Waals surface area contributed by atoms with Gasteiger partial charge in [0.25, 0.3) is 0 Å². The molecule has 0 bridgehead atoms. The zero-order chi connectivity index (χ0) is 27.6. The highest BCUT2D eigenvalue weighted by Crippen LogP contribution is 2.45. The zero-order valence-electron chi connectivity index (χ0n) is 21.0. The highest BCUT2D eigenvalue weighted by molar-refractivity contribution is 7.26. The van der Waals surface area contributed by atoms with E-state index in [1.165, 1.54) is 10.1 Å². The van der Waals surface area contributed by atoms with Crippen molar-refractivity contribution < 1.29 is 0 Å². The number of rotatable bonds is 4. The van der Waals surface area contributed by atoms with Crippen molar-refractivity contribution in [2.75, 3.05) is 4.90 Å². The molecule has 184 valence electrons. The van der Waals surface area contributed by atoms with Gasteiger partial charge in [-0.25, -0.2) is 0 Å². The Morgan fingerprint density at radius 2 is 1.32 bits per heavy atom. The SMILES string of the molecule is [C-]#[N+]c1ccc(-c2ccc(N(c3ccc(C#N)c(C#N)c3)c3cccc4c3sc3ccccc34)cc2)cc1[N+]#[C-]. The molecule has 0 spiro atoms. The Labute approximate surface area is 235 Å². The molecule has 5 aromatic carbocycles. The molecular formula is C34H17N5S. The number of fused-ring (bicyclic) bond motifs is 3. The van der Waals surface area contributed by atoms with Gasteiger partial charge >= 0.3 is 0 Å². The first-order valence-electron chi connectivity index (χ1n) is 12.3. The van der Waals surface area contributed by atoms with Gasteiger partial charge in [-0.05, 0) is 53.6 Å². The molecule has 0 radical (unpaired) electrons. The van der Waals surface area contributed by atoms with E-state index in [-0.39, 0.29) is 0 Å². The molecule has 1 heterocycles. The van der Waals surface area contributed by atoms with E-state index < -0.39 is 0 Å². The van der Waals surface area contributed by atoms with Gasteiger partial charge in [0.15, 0.2) is 11.4 Å². The van der Waals surface area contributed by atoms with E-state index in [9.17, 15) is 10.5 Å². The van der Waals surface area contributed by atoms with Crippen LogP contribution in [0, 0.1) is 35.8 Å².